The van der Waals surface area contributed by atoms with E-state index in [-0.39, 0.29) is 29.3 Å². The number of fused-ring (bicyclic) bond motifs is 1. The monoisotopic (exact) mass is 347 g/mol. The summed E-state index contributed by atoms with van der Waals surface area (Å²) in [6, 6.07) is 0. The summed E-state index contributed by atoms with van der Waals surface area (Å²) >= 11 is 1.32. The van der Waals surface area contributed by atoms with Crippen LogP contribution < -0.4 is 10.9 Å². The van der Waals surface area contributed by atoms with E-state index in [0.29, 0.717) is 5.13 Å². The molecular formula is C14H13N5O4S. The van der Waals surface area contributed by atoms with Gasteiger partial charge < -0.3 is 14.6 Å². The molecule has 2 aliphatic rings. The molecule has 0 bridgehead atoms. The van der Waals surface area contributed by atoms with Crippen molar-refractivity contribution in [3.05, 3.63) is 39.4 Å². The fraction of sp³-hybridized carbons (Fsp3) is 0.214. The standard InChI is InChI=1S/C14H13N5O4S/c1-7-6-24-14(15-7)16-10(20)5-19-3-8-11(17-18-12(8)21)9(4-19)13(22)23-2/h3-4,6H,5H2,1-2H3,(H,18,21)(H,15,16,20). The van der Waals surface area contributed by atoms with E-state index in [1.165, 1.54) is 35.4 Å². The van der Waals surface area contributed by atoms with Crippen molar-refractivity contribution in [2.75, 3.05) is 12.4 Å². The van der Waals surface area contributed by atoms with Crippen LogP contribution in [0.5, 0.6) is 0 Å². The first-order valence-electron chi connectivity index (χ1n) is 6.86. The van der Waals surface area contributed by atoms with Crippen LogP contribution in [0.15, 0.2) is 22.6 Å². The van der Waals surface area contributed by atoms with Gasteiger partial charge in [0, 0.05) is 17.8 Å². The summed E-state index contributed by atoms with van der Waals surface area (Å²) in [5.74, 6) is -0.975. The Balaban J connectivity index is 1.90. The normalized spacial score (nSPS) is 10.8. The Kier molecular flexibility index (Phi) is 4.13. The maximum atomic E-state index is 12.1. The van der Waals surface area contributed by atoms with Crippen LogP contribution >= 0.6 is 11.3 Å². The Morgan fingerprint density at radius 1 is 1.42 bits per heavy atom. The van der Waals surface area contributed by atoms with E-state index < -0.39 is 11.5 Å². The number of nitrogens with zero attached hydrogens (tertiary/aromatic N) is 3. The summed E-state index contributed by atoms with van der Waals surface area (Å²) in [4.78, 5) is 39.9. The topological polar surface area (TPSA) is 119 Å². The summed E-state index contributed by atoms with van der Waals surface area (Å²) in [6.45, 7) is 1.73. The molecule has 24 heavy (non-hydrogen) atoms. The molecule has 0 fully saturated rings. The van der Waals surface area contributed by atoms with E-state index in [0.717, 1.165) is 5.69 Å². The number of H-pyrrole nitrogens is 1. The van der Waals surface area contributed by atoms with Crippen LogP contribution in [0.4, 0.5) is 5.13 Å². The third kappa shape index (κ3) is 3.04. The molecule has 0 radical (unpaired) electrons. The summed E-state index contributed by atoms with van der Waals surface area (Å²) in [5, 5.41) is 11.1. The number of rotatable bonds is 4. The molecule has 10 heteroatoms. The second-order valence-corrected chi connectivity index (χ2v) is 5.85. The molecular weight excluding hydrogens is 334 g/mol. The summed E-state index contributed by atoms with van der Waals surface area (Å²) in [6.07, 6.45) is 2.88. The van der Waals surface area contributed by atoms with Gasteiger partial charge in [0.05, 0.1) is 18.4 Å². The SMILES string of the molecule is COC(=O)c1cn(CC(=O)Nc2nc(C)cs2)cc2c(=O)[nH]nc1-2. The second-order valence-electron chi connectivity index (χ2n) is 4.99. The molecule has 3 rings (SSSR count). The van der Waals surface area contributed by atoms with Gasteiger partial charge in [0.15, 0.2) is 5.13 Å². The molecule has 0 spiro atoms. The fourth-order valence-corrected chi connectivity index (χ4v) is 2.88. The van der Waals surface area contributed by atoms with Gasteiger partial charge in [-0.3, -0.25) is 9.59 Å². The molecule has 0 aliphatic carbocycles. The lowest BCUT2D eigenvalue weighted by molar-refractivity contribution is -0.116. The zero-order valence-corrected chi connectivity index (χ0v) is 13.6. The Hall–Kier alpha value is -3.01. The molecule has 2 N–H and O–H groups in total. The lowest BCUT2D eigenvalue weighted by Gasteiger charge is -2.11. The van der Waals surface area contributed by atoms with Crippen LogP contribution in [0.1, 0.15) is 16.1 Å². The third-order valence-electron chi connectivity index (χ3n) is 3.21. The predicted octanol–water partition coefficient (Wildman–Crippen LogP) is 0.866. The minimum atomic E-state index is -0.642. The van der Waals surface area contributed by atoms with Crippen LogP contribution in [-0.2, 0) is 16.1 Å². The van der Waals surface area contributed by atoms with Gasteiger partial charge in [-0.2, -0.15) is 5.10 Å². The van der Waals surface area contributed by atoms with Crippen molar-refractivity contribution < 1.29 is 14.3 Å². The molecule has 124 valence electrons. The van der Waals surface area contributed by atoms with E-state index in [4.69, 9.17) is 4.74 Å². The van der Waals surface area contributed by atoms with Crippen LogP contribution in [0.2, 0.25) is 0 Å². The molecule has 0 saturated heterocycles. The van der Waals surface area contributed by atoms with Gasteiger partial charge in [-0.1, -0.05) is 0 Å². The Bertz CT molecular complexity index is 941. The molecule has 1 amide bonds. The first kappa shape index (κ1) is 15.9. The highest BCUT2D eigenvalue weighted by atomic mass is 32.1. The van der Waals surface area contributed by atoms with Crippen LogP contribution in [0.3, 0.4) is 0 Å². The molecule has 0 aromatic carbocycles. The van der Waals surface area contributed by atoms with Crippen molar-refractivity contribution in [2.45, 2.75) is 13.5 Å². The molecule has 3 heterocycles. The largest absolute Gasteiger partial charge is 0.465 e. The number of esters is 1. The third-order valence-corrected chi connectivity index (χ3v) is 4.09. The van der Waals surface area contributed by atoms with E-state index in [9.17, 15) is 14.4 Å². The van der Waals surface area contributed by atoms with Crippen LogP contribution in [-0.4, -0.2) is 38.7 Å². The minimum absolute atomic E-state index is 0.0941. The van der Waals surface area contributed by atoms with Crippen molar-refractivity contribution in [1.29, 1.82) is 0 Å². The highest BCUT2D eigenvalue weighted by molar-refractivity contribution is 7.13. The number of thiazole rings is 1. The minimum Gasteiger partial charge on any atom is -0.465 e. The zero-order chi connectivity index (χ0) is 17.3. The predicted molar refractivity (Wildman–Crippen MR) is 86.3 cm³/mol. The number of hydrogen-bond donors (Lipinski definition) is 2. The first-order valence-corrected chi connectivity index (χ1v) is 7.74. The summed E-state index contributed by atoms with van der Waals surface area (Å²) in [5.41, 5.74) is 0.883. The molecule has 2 aliphatic heterocycles. The number of amides is 1. The Morgan fingerprint density at radius 3 is 2.88 bits per heavy atom. The fourth-order valence-electron chi connectivity index (χ4n) is 2.18. The first-order chi connectivity index (χ1) is 11.5. The van der Waals surface area contributed by atoms with Crippen molar-refractivity contribution in [3.8, 4) is 11.3 Å². The number of anilines is 1. The number of pyridine rings is 1. The summed E-state index contributed by atoms with van der Waals surface area (Å²) < 4.78 is 6.13. The number of carbonyl (C=O) groups is 2. The van der Waals surface area contributed by atoms with E-state index in [1.54, 1.807) is 0 Å². The van der Waals surface area contributed by atoms with Crippen molar-refractivity contribution in [2.24, 2.45) is 0 Å². The van der Waals surface area contributed by atoms with Crippen molar-refractivity contribution in [3.63, 3.8) is 0 Å². The van der Waals surface area contributed by atoms with Gasteiger partial charge >= 0.3 is 5.97 Å². The van der Waals surface area contributed by atoms with Gasteiger partial charge in [0.2, 0.25) is 5.91 Å². The van der Waals surface area contributed by atoms with Gasteiger partial charge in [-0.15, -0.1) is 11.3 Å². The smallest absolute Gasteiger partial charge is 0.341 e. The number of hydrogen-bond acceptors (Lipinski definition) is 7. The number of ether oxygens (including phenoxy) is 1. The number of methoxy groups -OCH3 is 1. The number of aryl methyl sites for hydroxylation is 1. The lowest BCUT2D eigenvalue weighted by atomic mass is 10.1. The quantitative estimate of drug-likeness (QED) is 0.676. The van der Waals surface area contributed by atoms with Crippen LogP contribution in [0, 0.1) is 6.92 Å². The van der Waals surface area contributed by atoms with E-state index in [2.05, 4.69) is 20.5 Å². The summed E-state index contributed by atoms with van der Waals surface area (Å²) in [7, 11) is 1.23. The molecule has 0 saturated carbocycles. The average Bonchev–Trinajstić information content (AvgIpc) is 3.12. The number of carbonyl (C=O) groups excluding carboxylic acids is 2. The van der Waals surface area contributed by atoms with Gasteiger partial charge in [-0.25, -0.2) is 14.9 Å². The van der Waals surface area contributed by atoms with Crippen molar-refractivity contribution >= 4 is 28.3 Å². The highest BCUT2D eigenvalue weighted by Crippen LogP contribution is 2.21. The van der Waals surface area contributed by atoms with E-state index in [1.807, 2.05) is 12.3 Å². The van der Waals surface area contributed by atoms with Gasteiger partial charge in [0.25, 0.3) is 5.56 Å². The van der Waals surface area contributed by atoms with E-state index >= 15 is 0 Å². The zero-order valence-electron chi connectivity index (χ0n) is 12.8. The number of aromatic amines is 1. The Morgan fingerprint density at radius 2 is 2.21 bits per heavy atom. The molecule has 1 aromatic rings. The molecule has 9 nitrogen and oxygen atoms in total. The molecule has 0 unspecified atom stereocenters. The highest BCUT2D eigenvalue weighted by Gasteiger charge is 2.22. The van der Waals surface area contributed by atoms with Crippen LogP contribution in [0.25, 0.3) is 11.3 Å². The van der Waals surface area contributed by atoms with Crippen molar-refractivity contribution in [1.82, 2.24) is 19.7 Å². The number of aromatic nitrogens is 4. The average molecular weight is 347 g/mol. The number of nitrogens with one attached hydrogen (secondary N) is 2. The van der Waals surface area contributed by atoms with Gasteiger partial charge in [0.1, 0.15) is 17.8 Å². The Labute approximate surface area is 139 Å². The molecule has 0 atom stereocenters. The maximum Gasteiger partial charge on any atom is 0.341 e. The lowest BCUT2D eigenvalue weighted by Crippen LogP contribution is -2.20. The maximum absolute atomic E-state index is 12.1. The second kappa shape index (κ2) is 6.24. The van der Waals surface area contributed by atoms with Gasteiger partial charge in [-0.05, 0) is 6.92 Å². The molecule has 1 aromatic heterocycles.